The van der Waals surface area contributed by atoms with Gasteiger partial charge in [0.05, 0.1) is 11.7 Å². The van der Waals surface area contributed by atoms with Crippen LogP contribution in [0.3, 0.4) is 0 Å². The zero-order valence-corrected chi connectivity index (χ0v) is 9.83. The average molecular weight is 260 g/mol. The van der Waals surface area contributed by atoms with E-state index in [2.05, 4.69) is 10.3 Å². The lowest BCUT2D eigenvalue weighted by Gasteiger charge is -2.22. The Hall–Kier alpha value is -1.30. The summed E-state index contributed by atoms with van der Waals surface area (Å²) in [7, 11) is 0. The fourth-order valence-corrected chi connectivity index (χ4v) is 1.85. The largest absolute Gasteiger partial charge is 0.417 e. The predicted molar refractivity (Wildman–Crippen MR) is 61.3 cm³/mol. The predicted octanol–water partition coefficient (Wildman–Crippen LogP) is 3.08. The van der Waals surface area contributed by atoms with Crippen molar-refractivity contribution >= 4 is 5.82 Å². The van der Waals surface area contributed by atoms with Gasteiger partial charge < -0.3 is 10.1 Å². The molecule has 0 saturated carbocycles. The van der Waals surface area contributed by atoms with Gasteiger partial charge in [0.2, 0.25) is 0 Å². The van der Waals surface area contributed by atoms with Crippen LogP contribution in [0.15, 0.2) is 18.3 Å². The summed E-state index contributed by atoms with van der Waals surface area (Å²) in [6.07, 6.45) is -0.180. The molecule has 1 atom stereocenters. The number of aromatic nitrogens is 1. The Morgan fingerprint density at radius 2 is 2.17 bits per heavy atom. The number of nitrogens with one attached hydrogen (secondary N) is 1. The van der Waals surface area contributed by atoms with Gasteiger partial charge in [0.25, 0.3) is 0 Å². The SMILES string of the molecule is FC(F)(F)c1ccc(NCC2CCCCO2)nc1. The van der Waals surface area contributed by atoms with E-state index in [0.717, 1.165) is 38.1 Å². The third-order valence-corrected chi connectivity index (χ3v) is 2.88. The lowest BCUT2D eigenvalue weighted by atomic mass is 10.1. The molecule has 0 aliphatic carbocycles. The fraction of sp³-hybridized carbons (Fsp3) is 0.583. The number of hydrogen-bond donors (Lipinski definition) is 1. The number of hydrogen-bond acceptors (Lipinski definition) is 3. The van der Waals surface area contributed by atoms with Crippen molar-refractivity contribution in [1.29, 1.82) is 0 Å². The van der Waals surface area contributed by atoms with E-state index in [1.165, 1.54) is 6.07 Å². The molecule has 1 N–H and O–H groups in total. The van der Waals surface area contributed by atoms with Crippen LogP contribution in [-0.2, 0) is 10.9 Å². The summed E-state index contributed by atoms with van der Waals surface area (Å²) < 4.78 is 42.5. The van der Waals surface area contributed by atoms with Crippen molar-refractivity contribution in [2.24, 2.45) is 0 Å². The molecule has 0 bridgehead atoms. The van der Waals surface area contributed by atoms with Crippen molar-refractivity contribution in [3.8, 4) is 0 Å². The highest BCUT2D eigenvalue weighted by Crippen LogP contribution is 2.28. The second-order valence-electron chi connectivity index (χ2n) is 4.30. The molecule has 1 aliphatic heterocycles. The Morgan fingerprint density at radius 1 is 1.33 bits per heavy atom. The van der Waals surface area contributed by atoms with E-state index in [-0.39, 0.29) is 6.10 Å². The van der Waals surface area contributed by atoms with Gasteiger partial charge in [0.1, 0.15) is 5.82 Å². The highest BCUT2D eigenvalue weighted by atomic mass is 19.4. The fourth-order valence-electron chi connectivity index (χ4n) is 1.85. The van der Waals surface area contributed by atoms with E-state index in [9.17, 15) is 13.2 Å². The molecule has 1 fully saturated rings. The standard InChI is InChI=1S/C12H15F3N2O/c13-12(14,15)9-4-5-11(16-7-9)17-8-10-3-1-2-6-18-10/h4-5,7,10H,1-3,6,8H2,(H,16,17). The first-order valence-electron chi connectivity index (χ1n) is 5.94. The molecule has 6 heteroatoms. The van der Waals surface area contributed by atoms with E-state index in [0.29, 0.717) is 12.4 Å². The first-order valence-corrected chi connectivity index (χ1v) is 5.94. The van der Waals surface area contributed by atoms with Gasteiger partial charge in [-0.25, -0.2) is 4.98 Å². The highest BCUT2D eigenvalue weighted by molar-refractivity contribution is 5.36. The minimum atomic E-state index is -4.34. The first-order chi connectivity index (χ1) is 8.55. The van der Waals surface area contributed by atoms with Crippen LogP contribution in [0.25, 0.3) is 0 Å². The summed E-state index contributed by atoms with van der Waals surface area (Å²) in [5.41, 5.74) is -0.734. The monoisotopic (exact) mass is 260 g/mol. The molecule has 3 nitrogen and oxygen atoms in total. The van der Waals surface area contributed by atoms with Crippen molar-refractivity contribution in [2.45, 2.75) is 31.5 Å². The number of pyridine rings is 1. The average Bonchev–Trinajstić information content (AvgIpc) is 2.37. The summed E-state index contributed by atoms with van der Waals surface area (Å²) in [4.78, 5) is 3.74. The van der Waals surface area contributed by atoms with Gasteiger partial charge in [-0.1, -0.05) is 0 Å². The summed E-state index contributed by atoms with van der Waals surface area (Å²) in [5.74, 6) is 0.442. The first kappa shape index (κ1) is 13.1. The molecule has 0 amide bonds. The van der Waals surface area contributed by atoms with Gasteiger partial charge in [-0.15, -0.1) is 0 Å². The van der Waals surface area contributed by atoms with Crippen LogP contribution in [0.4, 0.5) is 19.0 Å². The maximum atomic E-state index is 12.3. The van der Waals surface area contributed by atoms with E-state index >= 15 is 0 Å². The molecule has 0 aromatic carbocycles. The second kappa shape index (κ2) is 5.56. The molecule has 18 heavy (non-hydrogen) atoms. The lowest BCUT2D eigenvalue weighted by Crippen LogP contribution is -2.27. The van der Waals surface area contributed by atoms with Crippen LogP contribution in [0.2, 0.25) is 0 Å². The topological polar surface area (TPSA) is 34.1 Å². The highest BCUT2D eigenvalue weighted by Gasteiger charge is 2.30. The van der Waals surface area contributed by atoms with E-state index in [4.69, 9.17) is 4.74 Å². The maximum absolute atomic E-state index is 12.3. The van der Waals surface area contributed by atoms with Gasteiger partial charge in [0.15, 0.2) is 0 Å². The maximum Gasteiger partial charge on any atom is 0.417 e. The molecule has 1 saturated heterocycles. The summed E-state index contributed by atoms with van der Waals surface area (Å²) in [6, 6.07) is 2.36. The van der Waals surface area contributed by atoms with Crippen LogP contribution >= 0.6 is 0 Å². The van der Waals surface area contributed by atoms with Crippen molar-refractivity contribution < 1.29 is 17.9 Å². The van der Waals surface area contributed by atoms with Crippen molar-refractivity contribution in [2.75, 3.05) is 18.5 Å². The number of ether oxygens (including phenoxy) is 1. The van der Waals surface area contributed by atoms with E-state index in [1.54, 1.807) is 0 Å². The van der Waals surface area contributed by atoms with E-state index in [1.807, 2.05) is 0 Å². The summed E-state index contributed by atoms with van der Waals surface area (Å²) >= 11 is 0. The summed E-state index contributed by atoms with van der Waals surface area (Å²) in [5, 5.41) is 2.99. The van der Waals surface area contributed by atoms with Crippen molar-refractivity contribution in [3.05, 3.63) is 23.9 Å². The third kappa shape index (κ3) is 3.60. The van der Waals surface area contributed by atoms with Gasteiger partial charge in [-0.05, 0) is 31.4 Å². The van der Waals surface area contributed by atoms with Gasteiger partial charge >= 0.3 is 6.18 Å². The Bertz CT molecular complexity index is 372. The Balaban J connectivity index is 1.86. The third-order valence-electron chi connectivity index (χ3n) is 2.88. The molecule has 1 aromatic rings. The van der Waals surface area contributed by atoms with Gasteiger partial charge in [0, 0.05) is 19.3 Å². The van der Waals surface area contributed by atoms with E-state index < -0.39 is 11.7 Å². The van der Waals surface area contributed by atoms with Gasteiger partial charge in [-0.2, -0.15) is 13.2 Å². The molecular formula is C12H15F3N2O. The normalized spacial score (nSPS) is 20.7. The number of halogens is 3. The molecular weight excluding hydrogens is 245 g/mol. The van der Waals surface area contributed by atoms with Crippen LogP contribution < -0.4 is 5.32 Å². The molecule has 1 unspecified atom stereocenters. The Morgan fingerprint density at radius 3 is 2.72 bits per heavy atom. The number of nitrogens with zero attached hydrogens (tertiary/aromatic N) is 1. The summed E-state index contributed by atoms with van der Waals surface area (Å²) in [6.45, 7) is 1.34. The Labute approximate surface area is 103 Å². The number of alkyl halides is 3. The minimum Gasteiger partial charge on any atom is -0.376 e. The van der Waals surface area contributed by atoms with Crippen LogP contribution in [0, 0.1) is 0 Å². The van der Waals surface area contributed by atoms with Crippen LogP contribution in [0.1, 0.15) is 24.8 Å². The van der Waals surface area contributed by atoms with Crippen LogP contribution in [0.5, 0.6) is 0 Å². The Kier molecular flexibility index (Phi) is 4.06. The smallest absolute Gasteiger partial charge is 0.376 e. The van der Waals surface area contributed by atoms with Crippen molar-refractivity contribution in [1.82, 2.24) is 4.98 Å². The molecule has 1 aliphatic rings. The molecule has 0 spiro atoms. The zero-order chi connectivity index (χ0) is 13.0. The number of rotatable bonds is 3. The molecule has 0 radical (unpaired) electrons. The zero-order valence-electron chi connectivity index (χ0n) is 9.83. The quantitative estimate of drug-likeness (QED) is 0.906. The molecule has 2 heterocycles. The van der Waals surface area contributed by atoms with Crippen molar-refractivity contribution in [3.63, 3.8) is 0 Å². The molecule has 1 aromatic heterocycles. The second-order valence-corrected chi connectivity index (χ2v) is 4.30. The molecule has 2 rings (SSSR count). The lowest BCUT2D eigenvalue weighted by molar-refractivity contribution is -0.137. The molecule has 100 valence electrons. The van der Waals surface area contributed by atoms with Crippen LogP contribution in [-0.4, -0.2) is 24.2 Å². The number of anilines is 1. The van der Waals surface area contributed by atoms with Gasteiger partial charge in [-0.3, -0.25) is 0 Å². The minimum absolute atomic E-state index is 0.128.